The molecule has 1 saturated heterocycles. The highest BCUT2D eigenvalue weighted by Gasteiger charge is 2.24. The maximum atomic E-state index is 12.9. The summed E-state index contributed by atoms with van der Waals surface area (Å²) < 4.78 is 1.62. The Balaban J connectivity index is 1.33. The number of aromatic amines is 1. The Morgan fingerprint density at radius 3 is 2.71 bits per heavy atom. The summed E-state index contributed by atoms with van der Waals surface area (Å²) in [5.41, 5.74) is 3.29. The van der Waals surface area contributed by atoms with Crippen molar-refractivity contribution in [2.45, 2.75) is 25.8 Å². The standard InChI is InChI=1S/C21H25N5O2/c1-14-20(17-5-3-4-6-18(17)23-14)19(27)13-26-9-7-16(8-10-26)24-21(28)15-11-22-25(2)12-15/h3-6,11-12,16,23H,7-10,13H2,1-2H3,(H,24,28). The summed E-state index contributed by atoms with van der Waals surface area (Å²) in [5, 5.41) is 8.10. The topological polar surface area (TPSA) is 83.0 Å². The van der Waals surface area contributed by atoms with Crippen LogP contribution in [-0.2, 0) is 7.05 Å². The molecule has 7 heteroatoms. The fraction of sp³-hybridized carbons (Fsp3) is 0.381. The first-order valence-electron chi connectivity index (χ1n) is 9.63. The number of carbonyl (C=O) groups is 2. The molecule has 4 rings (SSSR count). The number of aromatic nitrogens is 3. The van der Waals surface area contributed by atoms with Crippen molar-refractivity contribution in [1.29, 1.82) is 0 Å². The molecule has 0 unspecified atom stereocenters. The molecule has 2 N–H and O–H groups in total. The number of hydrogen-bond acceptors (Lipinski definition) is 4. The van der Waals surface area contributed by atoms with Gasteiger partial charge in [0.2, 0.25) is 0 Å². The molecule has 1 fully saturated rings. The molecule has 7 nitrogen and oxygen atoms in total. The predicted molar refractivity (Wildman–Crippen MR) is 108 cm³/mol. The van der Waals surface area contributed by atoms with E-state index in [1.54, 1.807) is 24.1 Å². The Bertz CT molecular complexity index is 1010. The van der Waals surface area contributed by atoms with Crippen LogP contribution < -0.4 is 5.32 Å². The van der Waals surface area contributed by atoms with E-state index in [0.717, 1.165) is 48.1 Å². The van der Waals surface area contributed by atoms with Crippen LogP contribution in [-0.4, -0.2) is 57.0 Å². The molecule has 0 saturated carbocycles. The first-order chi connectivity index (χ1) is 13.5. The summed E-state index contributed by atoms with van der Waals surface area (Å²) in [7, 11) is 1.79. The Morgan fingerprint density at radius 2 is 2.00 bits per heavy atom. The predicted octanol–water partition coefficient (Wildman–Crippen LogP) is 2.29. The van der Waals surface area contributed by atoms with E-state index in [9.17, 15) is 9.59 Å². The lowest BCUT2D eigenvalue weighted by Gasteiger charge is -2.31. The number of likely N-dealkylation sites (tertiary alicyclic amines) is 1. The third-order valence-corrected chi connectivity index (χ3v) is 5.43. The lowest BCUT2D eigenvalue weighted by Crippen LogP contribution is -2.45. The van der Waals surface area contributed by atoms with Crippen molar-refractivity contribution in [3.63, 3.8) is 0 Å². The molecule has 146 valence electrons. The van der Waals surface area contributed by atoms with Gasteiger partial charge >= 0.3 is 0 Å². The van der Waals surface area contributed by atoms with E-state index in [1.807, 2.05) is 31.2 Å². The third-order valence-electron chi connectivity index (χ3n) is 5.43. The van der Waals surface area contributed by atoms with E-state index in [0.29, 0.717) is 12.1 Å². The van der Waals surface area contributed by atoms with Crippen molar-refractivity contribution in [2.75, 3.05) is 19.6 Å². The molecule has 0 aliphatic carbocycles. The van der Waals surface area contributed by atoms with Crippen molar-refractivity contribution in [3.8, 4) is 0 Å². The van der Waals surface area contributed by atoms with Gasteiger partial charge < -0.3 is 10.3 Å². The number of H-pyrrole nitrogens is 1. The first kappa shape index (κ1) is 18.4. The smallest absolute Gasteiger partial charge is 0.254 e. The normalized spacial score (nSPS) is 15.8. The summed E-state index contributed by atoms with van der Waals surface area (Å²) in [5.74, 6) is 0.0600. The zero-order chi connectivity index (χ0) is 19.7. The zero-order valence-corrected chi connectivity index (χ0v) is 16.2. The van der Waals surface area contributed by atoms with Crippen LogP contribution in [0.4, 0.5) is 0 Å². The number of Topliss-reactive ketones (excluding diaryl/α,β-unsaturated/α-hetero) is 1. The van der Waals surface area contributed by atoms with Crippen molar-refractivity contribution in [2.24, 2.45) is 7.05 Å². The number of amides is 1. The van der Waals surface area contributed by atoms with E-state index in [-0.39, 0.29) is 17.7 Å². The van der Waals surface area contributed by atoms with E-state index >= 15 is 0 Å². The van der Waals surface area contributed by atoms with Gasteiger partial charge in [0.05, 0.1) is 18.3 Å². The van der Waals surface area contributed by atoms with Crippen molar-refractivity contribution < 1.29 is 9.59 Å². The van der Waals surface area contributed by atoms with Gasteiger partial charge in [0.15, 0.2) is 5.78 Å². The molecule has 3 aromatic rings. The van der Waals surface area contributed by atoms with E-state index < -0.39 is 0 Å². The van der Waals surface area contributed by atoms with Crippen LogP contribution in [0.1, 0.15) is 39.3 Å². The zero-order valence-electron chi connectivity index (χ0n) is 16.2. The Hall–Kier alpha value is -2.93. The number of piperidine rings is 1. The highest BCUT2D eigenvalue weighted by Crippen LogP contribution is 2.23. The largest absolute Gasteiger partial charge is 0.358 e. The van der Waals surface area contributed by atoms with E-state index in [2.05, 4.69) is 20.3 Å². The minimum absolute atomic E-state index is 0.0861. The number of fused-ring (bicyclic) bond motifs is 1. The second-order valence-corrected chi connectivity index (χ2v) is 7.52. The van der Waals surface area contributed by atoms with Crippen LogP contribution in [0.2, 0.25) is 0 Å². The number of carbonyl (C=O) groups excluding carboxylic acids is 2. The Morgan fingerprint density at radius 1 is 1.25 bits per heavy atom. The quantitative estimate of drug-likeness (QED) is 0.667. The number of nitrogens with zero attached hydrogens (tertiary/aromatic N) is 3. The molecule has 0 spiro atoms. The number of ketones is 1. The van der Waals surface area contributed by atoms with Gasteiger partial charge in [0.1, 0.15) is 0 Å². The number of rotatable bonds is 5. The number of nitrogens with one attached hydrogen (secondary N) is 2. The Labute approximate surface area is 163 Å². The minimum atomic E-state index is -0.0861. The molecule has 0 bridgehead atoms. The lowest BCUT2D eigenvalue weighted by molar-refractivity contribution is 0.0859. The molecular formula is C21H25N5O2. The maximum Gasteiger partial charge on any atom is 0.254 e. The molecule has 1 aliphatic rings. The molecule has 3 heterocycles. The van der Waals surface area contributed by atoms with Gasteiger partial charge in [-0.1, -0.05) is 18.2 Å². The monoisotopic (exact) mass is 379 g/mol. The van der Waals surface area contributed by atoms with Crippen LogP contribution in [0.15, 0.2) is 36.7 Å². The Kier molecular flexibility index (Phi) is 5.00. The summed E-state index contributed by atoms with van der Waals surface area (Å²) in [6.45, 7) is 3.95. The summed E-state index contributed by atoms with van der Waals surface area (Å²) >= 11 is 0. The van der Waals surface area contributed by atoms with Gasteiger partial charge in [-0.3, -0.25) is 19.2 Å². The fourth-order valence-corrected chi connectivity index (χ4v) is 3.96. The molecule has 0 atom stereocenters. The summed E-state index contributed by atoms with van der Waals surface area (Å²) in [4.78, 5) is 30.7. The van der Waals surface area contributed by atoms with Crippen LogP contribution >= 0.6 is 0 Å². The van der Waals surface area contributed by atoms with Gasteiger partial charge in [-0.05, 0) is 25.8 Å². The summed E-state index contributed by atoms with van der Waals surface area (Å²) in [6, 6.07) is 8.05. The first-order valence-corrected chi connectivity index (χ1v) is 9.63. The number of para-hydroxylation sites is 1. The average Bonchev–Trinajstić information content (AvgIpc) is 3.25. The maximum absolute atomic E-state index is 12.9. The van der Waals surface area contributed by atoms with Gasteiger partial charge in [0, 0.05) is 54.5 Å². The second-order valence-electron chi connectivity index (χ2n) is 7.52. The second kappa shape index (κ2) is 7.59. The highest BCUT2D eigenvalue weighted by molar-refractivity contribution is 6.10. The van der Waals surface area contributed by atoms with E-state index in [4.69, 9.17) is 0 Å². The van der Waals surface area contributed by atoms with Crippen molar-refractivity contribution in [1.82, 2.24) is 25.0 Å². The molecule has 2 aromatic heterocycles. The van der Waals surface area contributed by atoms with Crippen LogP contribution in [0, 0.1) is 6.92 Å². The molecule has 1 aliphatic heterocycles. The SMILES string of the molecule is Cc1[nH]c2ccccc2c1C(=O)CN1CCC(NC(=O)c2cnn(C)c2)CC1. The van der Waals surface area contributed by atoms with E-state index in [1.165, 1.54) is 0 Å². The fourth-order valence-electron chi connectivity index (χ4n) is 3.96. The van der Waals surface area contributed by atoms with Crippen LogP contribution in [0.3, 0.4) is 0 Å². The number of benzene rings is 1. The average molecular weight is 379 g/mol. The van der Waals surface area contributed by atoms with Gasteiger partial charge in [-0.2, -0.15) is 5.10 Å². The number of hydrogen-bond donors (Lipinski definition) is 2. The molecule has 1 amide bonds. The van der Waals surface area contributed by atoms with Gasteiger partial charge in [-0.15, -0.1) is 0 Å². The molecule has 0 radical (unpaired) electrons. The van der Waals surface area contributed by atoms with Crippen LogP contribution in [0.5, 0.6) is 0 Å². The van der Waals surface area contributed by atoms with Crippen molar-refractivity contribution >= 4 is 22.6 Å². The van der Waals surface area contributed by atoms with Crippen LogP contribution in [0.25, 0.3) is 10.9 Å². The lowest BCUT2D eigenvalue weighted by atomic mass is 10.0. The van der Waals surface area contributed by atoms with Gasteiger partial charge in [0.25, 0.3) is 5.91 Å². The number of aryl methyl sites for hydroxylation is 2. The van der Waals surface area contributed by atoms with Gasteiger partial charge in [-0.25, -0.2) is 0 Å². The minimum Gasteiger partial charge on any atom is -0.358 e. The summed E-state index contributed by atoms with van der Waals surface area (Å²) in [6.07, 6.45) is 4.97. The molecule has 1 aromatic carbocycles. The van der Waals surface area contributed by atoms with Crippen molar-refractivity contribution in [3.05, 3.63) is 53.5 Å². The molecule has 28 heavy (non-hydrogen) atoms. The molecular weight excluding hydrogens is 354 g/mol. The highest BCUT2D eigenvalue weighted by atomic mass is 16.1. The third kappa shape index (κ3) is 3.71.